The van der Waals surface area contributed by atoms with Crippen molar-refractivity contribution in [2.45, 2.75) is 18.8 Å². The topological polar surface area (TPSA) is 43.1 Å². The number of rotatable bonds is 2. The third-order valence-electron chi connectivity index (χ3n) is 2.58. The van der Waals surface area contributed by atoms with Crippen LogP contribution in [0.15, 0.2) is 16.5 Å². The second kappa shape index (κ2) is 3.07. The van der Waals surface area contributed by atoms with E-state index in [1.54, 1.807) is 12.1 Å². The van der Waals surface area contributed by atoms with E-state index in [9.17, 15) is 4.79 Å². The van der Waals surface area contributed by atoms with E-state index in [1.807, 2.05) is 0 Å². The maximum atomic E-state index is 10.7. The fourth-order valence-corrected chi connectivity index (χ4v) is 1.78. The number of aldehydes is 1. The highest BCUT2D eigenvalue weighted by Gasteiger charge is 2.29. The van der Waals surface area contributed by atoms with Crippen molar-refractivity contribution in [3.63, 3.8) is 0 Å². The Balaban J connectivity index is 2.20. The molecule has 0 N–H and O–H groups in total. The Morgan fingerprint density at radius 1 is 1.47 bits per heavy atom. The quantitative estimate of drug-likeness (QED) is 0.732. The minimum absolute atomic E-state index is 0.413. The Kier molecular flexibility index (Phi) is 1.83. The van der Waals surface area contributed by atoms with Crippen molar-refractivity contribution in [3.8, 4) is 0 Å². The van der Waals surface area contributed by atoms with Gasteiger partial charge < -0.3 is 4.42 Å². The van der Waals surface area contributed by atoms with Crippen molar-refractivity contribution >= 4 is 29.0 Å². The third-order valence-corrected chi connectivity index (χ3v) is 2.90. The first kappa shape index (κ1) is 8.92. The molecule has 1 aliphatic rings. The standard InChI is InChI=1S/C11H8ClNO2/c12-8-4-10-9(3-7(8)5-14)13-11(15-10)6-1-2-6/h3-6H,1-2H2. The van der Waals surface area contributed by atoms with Gasteiger partial charge in [0.1, 0.15) is 5.52 Å². The van der Waals surface area contributed by atoms with Crippen molar-refractivity contribution in [3.05, 3.63) is 28.6 Å². The summed E-state index contributed by atoms with van der Waals surface area (Å²) in [6, 6.07) is 3.32. The van der Waals surface area contributed by atoms with Gasteiger partial charge in [-0.05, 0) is 18.9 Å². The van der Waals surface area contributed by atoms with Crippen LogP contribution in [0.4, 0.5) is 0 Å². The molecule has 0 atom stereocenters. The van der Waals surface area contributed by atoms with Crippen LogP contribution < -0.4 is 0 Å². The van der Waals surface area contributed by atoms with Crippen LogP contribution in [0.5, 0.6) is 0 Å². The number of carbonyl (C=O) groups excluding carboxylic acids is 1. The lowest BCUT2D eigenvalue weighted by molar-refractivity contribution is 0.112. The molecule has 1 aliphatic carbocycles. The van der Waals surface area contributed by atoms with Crippen LogP contribution in [-0.4, -0.2) is 11.3 Å². The van der Waals surface area contributed by atoms with Crippen molar-refractivity contribution < 1.29 is 9.21 Å². The maximum Gasteiger partial charge on any atom is 0.198 e. The van der Waals surface area contributed by atoms with Crippen LogP contribution in [0.25, 0.3) is 11.1 Å². The number of oxazole rings is 1. The highest BCUT2D eigenvalue weighted by molar-refractivity contribution is 6.33. The minimum atomic E-state index is 0.413. The molecule has 0 saturated heterocycles. The SMILES string of the molecule is O=Cc1cc2nc(C3CC3)oc2cc1Cl. The molecule has 0 amide bonds. The van der Waals surface area contributed by atoms with Crippen molar-refractivity contribution in [2.24, 2.45) is 0 Å². The zero-order valence-corrected chi connectivity index (χ0v) is 8.62. The number of hydrogen-bond acceptors (Lipinski definition) is 3. The number of halogens is 1. The second-order valence-electron chi connectivity index (χ2n) is 3.79. The molecule has 0 unspecified atom stereocenters. The van der Waals surface area contributed by atoms with Gasteiger partial charge in [-0.25, -0.2) is 4.98 Å². The Hall–Kier alpha value is -1.35. The van der Waals surface area contributed by atoms with E-state index in [0.717, 1.165) is 25.0 Å². The summed E-state index contributed by atoms with van der Waals surface area (Å²) in [6.07, 6.45) is 3.01. The first-order valence-electron chi connectivity index (χ1n) is 4.83. The molecule has 0 spiro atoms. The molecule has 1 fully saturated rings. The number of benzene rings is 1. The molecule has 3 nitrogen and oxygen atoms in total. The van der Waals surface area contributed by atoms with E-state index in [2.05, 4.69) is 4.98 Å². The van der Waals surface area contributed by atoms with Gasteiger partial charge >= 0.3 is 0 Å². The molecular formula is C11H8ClNO2. The summed E-state index contributed by atoms with van der Waals surface area (Å²) < 4.78 is 5.56. The molecule has 4 heteroatoms. The van der Waals surface area contributed by atoms with Crippen molar-refractivity contribution in [1.29, 1.82) is 0 Å². The van der Waals surface area contributed by atoms with Crippen molar-refractivity contribution in [2.75, 3.05) is 0 Å². The zero-order valence-electron chi connectivity index (χ0n) is 7.87. The van der Waals surface area contributed by atoms with Crippen molar-refractivity contribution in [1.82, 2.24) is 4.98 Å². The predicted molar refractivity (Wildman–Crippen MR) is 56.4 cm³/mol. The van der Waals surface area contributed by atoms with E-state index >= 15 is 0 Å². The molecule has 1 aromatic carbocycles. The van der Waals surface area contributed by atoms with Crippen LogP contribution in [0, 0.1) is 0 Å². The summed E-state index contributed by atoms with van der Waals surface area (Å²) in [7, 11) is 0. The molecule has 1 saturated carbocycles. The fraction of sp³-hybridized carbons (Fsp3) is 0.273. The first-order chi connectivity index (χ1) is 7.28. The van der Waals surface area contributed by atoms with Gasteiger partial charge in [0.15, 0.2) is 17.8 Å². The summed E-state index contributed by atoms with van der Waals surface area (Å²) in [5, 5.41) is 0.413. The van der Waals surface area contributed by atoms with Crippen LogP contribution in [0.2, 0.25) is 5.02 Å². The molecule has 3 rings (SSSR count). The van der Waals surface area contributed by atoms with Crippen LogP contribution >= 0.6 is 11.6 Å². The fourth-order valence-electron chi connectivity index (χ4n) is 1.58. The molecular weight excluding hydrogens is 214 g/mol. The largest absolute Gasteiger partial charge is 0.440 e. The van der Waals surface area contributed by atoms with Gasteiger partial charge in [0.05, 0.1) is 5.02 Å². The highest BCUT2D eigenvalue weighted by Crippen LogP contribution is 2.40. The lowest BCUT2D eigenvalue weighted by Gasteiger charge is -1.93. The molecule has 0 aliphatic heterocycles. The molecule has 0 bridgehead atoms. The average Bonchev–Trinajstić information content (AvgIpc) is 2.99. The Bertz CT molecular complexity index is 543. The van der Waals surface area contributed by atoms with Crippen LogP contribution in [-0.2, 0) is 0 Å². The maximum absolute atomic E-state index is 10.7. The number of nitrogens with zero attached hydrogens (tertiary/aromatic N) is 1. The molecule has 2 aromatic rings. The second-order valence-corrected chi connectivity index (χ2v) is 4.19. The van der Waals surface area contributed by atoms with Crippen LogP contribution in [0.3, 0.4) is 0 Å². The van der Waals surface area contributed by atoms with Crippen LogP contribution in [0.1, 0.15) is 35.0 Å². The lowest BCUT2D eigenvalue weighted by atomic mass is 10.2. The molecule has 1 aromatic heterocycles. The normalized spacial score (nSPS) is 15.8. The highest BCUT2D eigenvalue weighted by atomic mass is 35.5. The Morgan fingerprint density at radius 2 is 2.27 bits per heavy atom. The van der Waals surface area contributed by atoms with Gasteiger partial charge in [-0.15, -0.1) is 0 Å². The summed E-state index contributed by atoms with van der Waals surface area (Å²) in [5.41, 5.74) is 1.83. The summed E-state index contributed by atoms with van der Waals surface area (Å²) in [5.74, 6) is 1.24. The van der Waals surface area contributed by atoms with E-state index < -0.39 is 0 Å². The smallest absolute Gasteiger partial charge is 0.198 e. The summed E-state index contributed by atoms with van der Waals surface area (Å²) in [6.45, 7) is 0. The number of carbonyl (C=O) groups is 1. The van der Waals surface area contributed by atoms with E-state index in [0.29, 0.717) is 27.6 Å². The van der Waals surface area contributed by atoms with Gasteiger partial charge in [-0.2, -0.15) is 0 Å². The molecule has 1 heterocycles. The monoisotopic (exact) mass is 221 g/mol. The summed E-state index contributed by atoms with van der Waals surface area (Å²) >= 11 is 5.89. The van der Waals surface area contributed by atoms with E-state index in [-0.39, 0.29) is 0 Å². The number of hydrogen-bond donors (Lipinski definition) is 0. The Morgan fingerprint density at radius 3 is 2.93 bits per heavy atom. The van der Waals surface area contributed by atoms with Gasteiger partial charge in [0.25, 0.3) is 0 Å². The first-order valence-corrected chi connectivity index (χ1v) is 5.21. The predicted octanol–water partition coefficient (Wildman–Crippen LogP) is 3.17. The van der Waals surface area contributed by atoms with Gasteiger partial charge in [-0.1, -0.05) is 11.6 Å². The van der Waals surface area contributed by atoms with E-state index in [1.165, 1.54) is 0 Å². The van der Waals surface area contributed by atoms with E-state index in [4.69, 9.17) is 16.0 Å². The van der Waals surface area contributed by atoms with Gasteiger partial charge in [-0.3, -0.25) is 4.79 Å². The average molecular weight is 222 g/mol. The van der Waals surface area contributed by atoms with Gasteiger partial charge in [0, 0.05) is 17.5 Å². The molecule has 76 valence electrons. The Labute approximate surface area is 91.0 Å². The molecule has 15 heavy (non-hydrogen) atoms. The number of aromatic nitrogens is 1. The zero-order chi connectivity index (χ0) is 10.4. The third kappa shape index (κ3) is 1.43. The van der Waals surface area contributed by atoms with Gasteiger partial charge in [0.2, 0.25) is 0 Å². The lowest BCUT2D eigenvalue weighted by Crippen LogP contribution is -1.81. The summed E-state index contributed by atoms with van der Waals surface area (Å²) in [4.78, 5) is 15.0. The molecule has 0 radical (unpaired) electrons. The number of fused-ring (bicyclic) bond motifs is 1. The minimum Gasteiger partial charge on any atom is -0.440 e.